The summed E-state index contributed by atoms with van der Waals surface area (Å²) in [5.74, 6) is 2.81. The number of aryl methyl sites for hydroxylation is 1. The molecule has 0 aromatic carbocycles. The van der Waals surface area contributed by atoms with Gasteiger partial charge in [0.15, 0.2) is 5.82 Å². The molecule has 1 saturated heterocycles. The van der Waals surface area contributed by atoms with E-state index in [0.717, 1.165) is 55.3 Å². The number of nitrogens with zero attached hydrogens (tertiary/aromatic N) is 4. The minimum absolute atomic E-state index is 0.0683. The summed E-state index contributed by atoms with van der Waals surface area (Å²) in [6.45, 7) is 7.72. The summed E-state index contributed by atoms with van der Waals surface area (Å²) >= 11 is 0. The molecule has 0 radical (unpaired) electrons. The molecule has 1 aromatic rings. The molecule has 6 heteroatoms. The molecule has 164 valence electrons. The van der Waals surface area contributed by atoms with Gasteiger partial charge in [-0.05, 0) is 50.9 Å². The highest BCUT2D eigenvalue weighted by molar-refractivity contribution is 6.00. The van der Waals surface area contributed by atoms with E-state index in [-0.39, 0.29) is 17.9 Å². The van der Waals surface area contributed by atoms with Gasteiger partial charge in [-0.25, -0.2) is 9.97 Å². The average molecular weight is 413 g/mol. The first-order chi connectivity index (χ1) is 14.4. The van der Waals surface area contributed by atoms with E-state index in [0.29, 0.717) is 24.7 Å². The standard InChI is InChI=1S/C24H36N4O2/c1-16(2)13-21(29)27-12-8-7-11-20(27)23-25-17(3)19-14-22(30)28(24(19)26-23)15-18-9-5-4-6-10-18/h16,18,20H,4-15H2,1-3H3/t20-/m1/s1. The number of amides is 2. The molecule has 0 spiro atoms. The summed E-state index contributed by atoms with van der Waals surface area (Å²) < 4.78 is 0. The fraction of sp³-hybridized carbons (Fsp3) is 0.750. The van der Waals surface area contributed by atoms with E-state index >= 15 is 0 Å². The Labute approximate surface area is 180 Å². The normalized spacial score (nSPS) is 22.7. The highest BCUT2D eigenvalue weighted by atomic mass is 16.2. The van der Waals surface area contributed by atoms with Crippen LogP contribution >= 0.6 is 0 Å². The quantitative estimate of drug-likeness (QED) is 0.721. The second-order valence-corrected chi connectivity index (χ2v) is 9.85. The Bertz CT molecular complexity index is 801. The van der Waals surface area contributed by atoms with Gasteiger partial charge >= 0.3 is 0 Å². The molecule has 2 fully saturated rings. The molecular formula is C24H36N4O2. The SMILES string of the molecule is Cc1nc([C@H]2CCCCN2C(=O)CC(C)C)nc2c1CC(=O)N2CC1CCCCC1. The second-order valence-electron chi connectivity index (χ2n) is 9.85. The third-order valence-electron chi connectivity index (χ3n) is 6.96. The zero-order valence-electron chi connectivity index (χ0n) is 18.8. The molecule has 3 heterocycles. The fourth-order valence-corrected chi connectivity index (χ4v) is 5.33. The molecule has 6 nitrogen and oxygen atoms in total. The van der Waals surface area contributed by atoms with Crippen molar-refractivity contribution in [2.75, 3.05) is 18.0 Å². The molecule has 2 amide bonds. The van der Waals surface area contributed by atoms with Crippen molar-refractivity contribution < 1.29 is 9.59 Å². The topological polar surface area (TPSA) is 66.4 Å². The van der Waals surface area contributed by atoms with E-state index in [1.54, 1.807) is 0 Å². The van der Waals surface area contributed by atoms with Crippen molar-refractivity contribution in [3.63, 3.8) is 0 Å². The molecule has 1 atom stereocenters. The number of anilines is 1. The molecule has 2 aliphatic heterocycles. The van der Waals surface area contributed by atoms with Crippen molar-refractivity contribution in [2.45, 2.75) is 91.0 Å². The average Bonchev–Trinajstić information content (AvgIpc) is 3.04. The minimum atomic E-state index is -0.0683. The van der Waals surface area contributed by atoms with E-state index in [1.165, 1.54) is 32.1 Å². The Morgan fingerprint density at radius 1 is 1.07 bits per heavy atom. The Hall–Kier alpha value is -1.98. The molecule has 0 N–H and O–H groups in total. The van der Waals surface area contributed by atoms with Crippen LogP contribution in [0, 0.1) is 18.8 Å². The highest BCUT2D eigenvalue weighted by Crippen LogP contribution is 2.36. The van der Waals surface area contributed by atoms with Gasteiger partial charge < -0.3 is 4.90 Å². The smallest absolute Gasteiger partial charge is 0.232 e. The summed E-state index contributed by atoms with van der Waals surface area (Å²) in [5.41, 5.74) is 1.88. The summed E-state index contributed by atoms with van der Waals surface area (Å²) in [6, 6.07) is -0.0683. The predicted molar refractivity (Wildman–Crippen MR) is 117 cm³/mol. The van der Waals surface area contributed by atoms with Gasteiger partial charge in [0.05, 0.1) is 12.5 Å². The van der Waals surface area contributed by atoms with Crippen molar-refractivity contribution in [1.29, 1.82) is 0 Å². The van der Waals surface area contributed by atoms with Crippen LogP contribution in [-0.2, 0) is 16.0 Å². The van der Waals surface area contributed by atoms with E-state index in [4.69, 9.17) is 9.97 Å². The summed E-state index contributed by atoms with van der Waals surface area (Å²) in [6.07, 6.45) is 10.3. The van der Waals surface area contributed by atoms with Gasteiger partial charge in [-0.1, -0.05) is 33.1 Å². The van der Waals surface area contributed by atoms with Crippen LogP contribution in [0.2, 0.25) is 0 Å². The number of rotatable bonds is 5. The van der Waals surface area contributed by atoms with Gasteiger partial charge in [-0.3, -0.25) is 14.5 Å². The van der Waals surface area contributed by atoms with Crippen LogP contribution in [-0.4, -0.2) is 39.8 Å². The predicted octanol–water partition coefficient (Wildman–Crippen LogP) is 4.35. The first kappa shape index (κ1) is 21.3. The van der Waals surface area contributed by atoms with Gasteiger partial charge in [-0.2, -0.15) is 0 Å². The number of carbonyl (C=O) groups excluding carboxylic acids is 2. The number of fused-ring (bicyclic) bond motifs is 1. The first-order valence-corrected chi connectivity index (χ1v) is 11.9. The fourth-order valence-electron chi connectivity index (χ4n) is 5.33. The maximum atomic E-state index is 12.9. The molecule has 1 aromatic heterocycles. The van der Waals surface area contributed by atoms with Crippen LogP contribution in [0.3, 0.4) is 0 Å². The van der Waals surface area contributed by atoms with Crippen LogP contribution in [0.4, 0.5) is 5.82 Å². The highest BCUT2D eigenvalue weighted by Gasteiger charge is 2.36. The maximum absolute atomic E-state index is 12.9. The van der Waals surface area contributed by atoms with Gasteiger partial charge in [0.2, 0.25) is 11.8 Å². The van der Waals surface area contributed by atoms with Crippen LogP contribution in [0.5, 0.6) is 0 Å². The number of aromatic nitrogens is 2. The Balaban J connectivity index is 1.61. The molecule has 0 unspecified atom stereocenters. The van der Waals surface area contributed by atoms with E-state index in [1.807, 2.05) is 16.7 Å². The van der Waals surface area contributed by atoms with Gasteiger partial charge in [0, 0.05) is 30.8 Å². The zero-order valence-corrected chi connectivity index (χ0v) is 18.8. The molecular weight excluding hydrogens is 376 g/mol. The van der Waals surface area contributed by atoms with Crippen molar-refractivity contribution >= 4 is 17.6 Å². The third kappa shape index (κ3) is 4.37. The van der Waals surface area contributed by atoms with Crippen LogP contribution < -0.4 is 4.90 Å². The lowest BCUT2D eigenvalue weighted by molar-refractivity contribution is -0.136. The third-order valence-corrected chi connectivity index (χ3v) is 6.96. The largest absolute Gasteiger partial charge is 0.332 e. The van der Waals surface area contributed by atoms with Crippen LogP contribution in [0.25, 0.3) is 0 Å². The zero-order chi connectivity index (χ0) is 21.3. The molecule has 4 rings (SSSR count). The summed E-state index contributed by atoms with van der Waals surface area (Å²) in [7, 11) is 0. The Morgan fingerprint density at radius 2 is 1.80 bits per heavy atom. The maximum Gasteiger partial charge on any atom is 0.232 e. The van der Waals surface area contributed by atoms with Crippen LogP contribution in [0.15, 0.2) is 0 Å². The monoisotopic (exact) mass is 412 g/mol. The summed E-state index contributed by atoms with van der Waals surface area (Å²) in [4.78, 5) is 39.4. The Morgan fingerprint density at radius 3 is 2.53 bits per heavy atom. The summed E-state index contributed by atoms with van der Waals surface area (Å²) in [5, 5.41) is 0. The number of hydrogen-bond donors (Lipinski definition) is 0. The number of carbonyl (C=O) groups is 2. The number of hydrogen-bond acceptors (Lipinski definition) is 4. The van der Waals surface area contributed by atoms with E-state index < -0.39 is 0 Å². The van der Waals surface area contributed by atoms with Crippen molar-refractivity contribution in [3.05, 3.63) is 17.1 Å². The van der Waals surface area contributed by atoms with E-state index in [9.17, 15) is 9.59 Å². The van der Waals surface area contributed by atoms with Crippen molar-refractivity contribution in [1.82, 2.24) is 14.9 Å². The number of piperidine rings is 1. The minimum Gasteiger partial charge on any atom is -0.332 e. The molecule has 30 heavy (non-hydrogen) atoms. The van der Waals surface area contributed by atoms with Gasteiger partial charge in [0.1, 0.15) is 5.82 Å². The lowest BCUT2D eigenvalue weighted by atomic mass is 9.89. The molecule has 1 saturated carbocycles. The lowest BCUT2D eigenvalue weighted by Crippen LogP contribution is -2.40. The van der Waals surface area contributed by atoms with Gasteiger partial charge in [-0.15, -0.1) is 0 Å². The molecule has 1 aliphatic carbocycles. The van der Waals surface area contributed by atoms with Crippen LogP contribution in [0.1, 0.15) is 94.8 Å². The second kappa shape index (κ2) is 9.03. The van der Waals surface area contributed by atoms with E-state index in [2.05, 4.69) is 13.8 Å². The van der Waals surface area contributed by atoms with Crippen molar-refractivity contribution in [2.24, 2.45) is 11.8 Å². The van der Waals surface area contributed by atoms with Gasteiger partial charge in [0.25, 0.3) is 0 Å². The lowest BCUT2D eigenvalue weighted by Gasteiger charge is -2.35. The first-order valence-electron chi connectivity index (χ1n) is 11.9. The Kier molecular flexibility index (Phi) is 6.40. The molecule has 0 bridgehead atoms. The molecule has 3 aliphatic rings. The van der Waals surface area contributed by atoms with Crippen molar-refractivity contribution in [3.8, 4) is 0 Å². The number of likely N-dealkylation sites (tertiary alicyclic amines) is 1.